The van der Waals surface area contributed by atoms with Crippen LogP contribution in [-0.2, 0) is 16.1 Å². The van der Waals surface area contributed by atoms with E-state index in [0.717, 1.165) is 13.2 Å². The van der Waals surface area contributed by atoms with E-state index in [1.165, 1.54) is 0 Å². The molecule has 0 aromatic carbocycles. The van der Waals surface area contributed by atoms with E-state index in [4.69, 9.17) is 14.0 Å². The lowest BCUT2D eigenvalue weighted by molar-refractivity contribution is 0.0734. The molecule has 0 amide bonds. The fourth-order valence-corrected chi connectivity index (χ4v) is 1.32. The molecule has 2 heterocycles. The maximum absolute atomic E-state index is 5.29. The number of morpholine rings is 1. The minimum absolute atomic E-state index is 0.0399. The number of aromatic nitrogens is 2. The van der Waals surface area contributed by atoms with Crippen molar-refractivity contribution in [2.24, 2.45) is 0 Å². The first-order valence-corrected chi connectivity index (χ1v) is 4.52. The molecule has 2 rings (SSSR count). The van der Waals surface area contributed by atoms with Crippen LogP contribution in [-0.4, -0.2) is 37.0 Å². The Labute approximate surface area is 81.6 Å². The molecule has 1 saturated heterocycles. The molecule has 0 aliphatic carbocycles. The third kappa shape index (κ3) is 2.09. The van der Waals surface area contributed by atoms with Crippen molar-refractivity contribution in [2.45, 2.75) is 12.6 Å². The molecule has 1 aliphatic rings. The quantitative estimate of drug-likeness (QED) is 0.731. The summed E-state index contributed by atoms with van der Waals surface area (Å²) in [4.78, 5) is 4.18. The van der Waals surface area contributed by atoms with Gasteiger partial charge in [0.25, 0.3) is 5.89 Å². The predicted molar refractivity (Wildman–Crippen MR) is 46.6 cm³/mol. The molecule has 0 saturated carbocycles. The zero-order valence-electron chi connectivity index (χ0n) is 8.02. The van der Waals surface area contributed by atoms with Crippen LogP contribution in [0.15, 0.2) is 4.52 Å². The molecule has 1 aliphatic heterocycles. The lowest BCUT2D eigenvalue weighted by atomic mass is 10.2. The predicted octanol–water partition coefficient (Wildman–Crippen LogP) is -0.123. The van der Waals surface area contributed by atoms with Crippen molar-refractivity contribution in [3.8, 4) is 0 Å². The van der Waals surface area contributed by atoms with E-state index >= 15 is 0 Å². The van der Waals surface area contributed by atoms with Crippen molar-refractivity contribution in [3.05, 3.63) is 11.7 Å². The Balaban J connectivity index is 2.00. The van der Waals surface area contributed by atoms with Gasteiger partial charge in [-0.25, -0.2) is 0 Å². The summed E-state index contributed by atoms with van der Waals surface area (Å²) in [5.41, 5.74) is 0. The molecular formula is C8H13N3O3. The molecule has 14 heavy (non-hydrogen) atoms. The van der Waals surface area contributed by atoms with Crippen LogP contribution in [0, 0.1) is 0 Å². The van der Waals surface area contributed by atoms with Crippen LogP contribution in [0.3, 0.4) is 0 Å². The molecule has 0 spiro atoms. The molecule has 1 fully saturated rings. The highest BCUT2D eigenvalue weighted by atomic mass is 16.5. The molecule has 78 valence electrons. The molecule has 1 aromatic rings. The van der Waals surface area contributed by atoms with Crippen molar-refractivity contribution in [1.82, 2.24) is 15.5 Å². The summed E-state index contributed by atoms with van der Waals surface area (Å²) in [7, 11) is 1.59. The zero-order valence-corrected chi connectivity index (χ0v) is 8.02. The minimum Gasteiger partial charge on any atom is -0.378 e. The molecule has 6 heteroatoms. The highest BCUT2D eigenvalue weighted by Gasteiger charge is 2.20. The molecule has 1 unspecified atom stereocenters. The minimum atomic E-state index is 0.0399. The number of nitrogens with one attached hydrogen (secondary N) is 1. The van der Waals surface area contributed by atoms with Crippen molar-refractivity contribution < 1.29 is 14.0 Å². The van der Waals surface area contributed by atoms with Crippen molar-refractivity contribution in [1.29, 1.82) is 0 Å². The fraction of sp³-hybridized carbons (Fsp3) is 0.750. The van der Waals surface area contributed by atoms with E-state index in [9.17, 15) is 0 Å². The molecule has 0 bridgehead atoms. The number of methoxy groups -OCH3 is 1. The SMILES string of the molecule is COCc1nc(C2COCCN2)no1. The van der Waals surface area contributed by atoms with E-state index in [-0.39, 0.29) is 6.04 Å². The summed E-state index contributed by atoms with van der Waals surface area (Å²) < 4.78 is 15.1. The molecular weight excluding hydrogens is 186 g/mol. The van der Waals surface area contributed by atoms with E-state index in [2.05, 4.69) is 15.5 Å². The van der Waals surface area contributed by atoms with Gasteiger partial charge in [0.05, 0.1) is 19.3 Å². The van der Waals surface area contributed by atoms with Gasteiger partial charge in [-0.2, -0.15) is 4.98 Å². The van der Waals surface area contributed by atoms with Gasteiger partial charge in [-0.15, -0.1) is 0 Å². The van der Waals surface area contributed by atoms with Crippen LogP contribution in [0.2, 0.25) is 0 Å². The summed E-state index contributed by atoms with van der Waals surface area (Å²) in [5.74, 6) is 1.13. The maximum Gasteiger partial charge on any atom is 0.252 e. The van der Waals surface area contributed by atoms with Crippen LogP contribution in [0.25, 0.3) is 0 Å². The van der Waals surface area contributed by atoms with Crippen LogP contribution in [0.4, 0.5) is 0 Å². The van der Waals surface area contributed by atoms with Gasteiger partial charge in [-0.1, -0.05) is 5.16 Å². The lowest BCUT2D eigenvalue weighted by Gasteiger charge is -2.20. The second-order valence-corrected chi connectivity index (χ2v) is 3.06. The smallest absolute Gasteiger partial charge is 0.252 e. The van der Waals surface area contributed by atoms with Crippen molar-refractivity contribution in [2.75, 3.05) is 26.9 Å². The first kappa shape index (κ1) is 9.57. The Morgan fingerprint density at radius 2 is 2.57 bits per heavy atom. The summed E-state index contributed by atoms with van der Waals surface area (Å²) in [6.45, 7) is 2.49. The summed E-state index contributed by atoms with van der Waals surface area (Å²) >= 11 is 0. The Morgan fingerprint density at radius 3 is 3.29 bits per heavy atom. The third-order valence-corrected chi connectivity index (χ3v) is 1.98. The molecule has 1 aromatic heterocycles. The first-order valence-electron chi connectivity index (χ1n) is 4.52. The van der Waals surface area contributed by atoms with Gasteiger partial charge in [-0.05, 0) is 0 Å². The van der Waals surface area contributed by atoms with Gasteiger partial charge >= 0.3 is 0 Å². The second kappa shape index (κ2) is 4.50. The van der Waals surface area contributed by atoms with Gasteiger partial charge in [0.2, 0.25) is 0 Å². The van der Waals surface area contributed by atoms with Gasteiger partial charge < -0.3 is 19.3 Å². The number of nitrogens with zero attached hydrogens (tertiary/aromatic N) is 2. The normalized spacial score (nSPS) is 22.5. The summed E-state index contributed by atoms with van der Waals surface area (Å²) in [5, 5.41) is 7.09. The largest absolute Gasteiger partial charge is 0.378 e. The monoisotopic (exact) mass is 199 g/mol. The molecule has 6 nitrogen and oxygen atoms in total. The average Bonchev–Trinajstić information content (AvgIpc) is 2.68. The Kier molecular flexibility index (Phi) is 3.07. The Bertz CT molecular complexity index is 283. The Morgan fingerprint density at radius 1 is 1.64 bits per heavy atom. The van der Waals surface area contributed by atoms with Crippen LogP contribution < -0.4 is 5.32 Å². The average molecular weight is 199 g/mol. The number of rotatable bonds is 3. The van der Waals surface area contributed by atoms with Crippen LogP contribution in [0.1, 0.15) is 17.8 Å². The summed E-state index contributed by atoms with van der Waals surface area (Å²) in [6.07, 6.45) is 0. The van der Waals surface area contributed by atoms with Gasteiger partial charge in [0, 0.05) is 13.7 Å². The maximum atomic E-state index is 5.29. The van der Waals surface area contributed by atoms with Crippen LogP contribution >= 0.6 is 0 Å². The van der Waals surface area contributed by atoms with E-state index in [1.54, 1.807) is 7.11 Å². The van der Waals surface area contributed by atoms with Gasteiger partial charge in [0.15, 0.2) is 5.82 Å². The fourth-order valence-electron chi connectivity index (χ4n) is 1.32. The number of ether oxygens (including phenoxy) is 2. The first-order chi connectivity index (χ1) is 6.90. The van der Waals surface area contributed by atoms with Crippen molar-refractivity contribution in [3.63, 3.8) is 0 Å². The van der Waals surface area contributed by atoms with E-state index in [0.29, 0.717) is 24.9 Å². The van der Waals surface area contributed by atoms with Gasteiger partial charge in [0.1, 0.15) is 6.61 Å². The van der Waals surface area contributed by atoms with E-state index in [1.807, 2.05) is 0 Å². The standard InChI is InChI=1S/C8H13N3O3/c1-12-5-7-10-8(11-14-7)6-4-13-3-2-9-6/h6,9H,2-5H2,1H3. The Hall–Kier alpha value is -0.980. The van der Waals surface area contributed by atoms with E-state index < -0.39 is 0 Å². The number of hydrogen-bond acceptors (Lipinski definition) is 6. The lowest BCUT2D eigenvalue weighted by Crippen LogP contribution is -2.35. The topological polar surface area (TPSA) is 69.4 Å². The molecule has 1 atom stereocenters. The highest BCUT2D eigenvalue weighted by molar-refractivity contribution is 4.94. The summed E-state index contributed by atoms with van der Waals surface area (Å²) in [6, 6.07) is 0.0399. The molecule has 1 N–H and O–H groups in total. The molecule has 0 radical (unpaired) electrons. The highest BCUT2D eigenvalue weighted by Crippen LogP contribution is 2.12. The number of hydrogen-bond donors (Lipinski definition) is 1. The van der Waals surface area contributed by atoms with Crippen LogP contribution in [0.5, 0.6) is 0 Å². The van der Waals surface area contributed by atoms with Crippen molar-refractivity contribution >= 4 is 0 Å². The third-order valence-electron chi connectivity index (χ3n) is 1.98. The second-order valence-electron chi connectivity index (χ2n) is 3.06. The zero-order chi connectivity index (χ0) is 9.80. The van der Waals surface area contributed by atoms with Gasteiger partial charge in [-0.3, -0.25) is 0 Å².